The molecule has 0 aliphatic carbocycles. The van der Waals surface area contributed by atoms with Crippen LogP contribution in [-0.4, -0.2) is 17.7 Å². The molecule has 0 spiro atoms. The first-order valence-corrected chi connectivity index (χ1v) is 9.07. The number of nitrogens with zero attached hydrogens (tertiary/aromatic N) is 1. The summed E-state index contributed by atoms with van der Waals surface area (Å²) < 4.78 is 13.2. The topological polar surface area (TPSA) is 66.5 Å². The Kier molecular flexibility index (Phi) is 4.68. The van der Waals surface area contributed by atoms with Gasteiger partial charge in [0.05, 0.1) is 16.8 Å². The minimum Gasteiger partial charge on any atom is -0.348 e. The molecule has 0 bridgehead atoms. The molecule has 0 fully saturated rings. The van der Waals surface area contributed by atoms with Crippen LogP contribution in [0.2, 0.25) is 0 Å². The van der Waals surface area contributed by atoms with Gasteiger partial charge in [0, 0.05) is 12.1 Å². The lowest BCUT2D eigenvalue weighted by Gasteiger charge is -2.13. The lowest BCUT2D eigenvalue weighted by Crippen LogP contribution is -2.29. The molecule has 0 atom stereocenters. The second-order valence-electron chi connectivity index (χ2n) is 6.79. The third-order valence-electron chi connectivity index (χ3n) is 4.93. The summed E-state index contributed by atoms with van der Waals surface area (Å²) in [7, 11) is 0. The zero-order valence-corrected chi connectivity index (χ0v) is 15.6. The molecule has 1 heterocycles. The monoisotopic (exact) mass is 388 g/mol. The fourth-order valence-corrected chi connectivity index (χ4v) is 3.29. The number of halogens is 1. The molecule has 1 N–H and O–H groups in total. The van der Waals surface area contributed by atoms with Crippen LogP contribution in [0, 0.1) is 12.7 Å². The highest BCUT2D eigenvalue weighted by Gasteiger charge is 2.37. The number of anilines is 1. The molecule has 144 valence electrons. The molecule has 4 rings (SSSR count). The maximum Gasteiger partial charge on any atom is 0.266 e. The highest BCUT2D eigenvalue weighted by atomic mass is 19.1. The van der Waals surface area contributed by atoms with Crippen molar-refractivity contribution >= 4 is 23.4 Å². The zero-order valence-electron chi connectivity index (χ0n) is 15.6. The smallest absolute Gasteiger partial charge is 0.266 e. The van der Waals surface area contributed by atoms with Crippen molar-refractivity contribution in [2.45, 2.75) is 13.5 Å². The van der Waals surface area contributed by atoms with Crippen LogP contribution in [0.4, 0.5) is 10.1 Å². The Morgan fingerprint density at radius 1 is 0.931 bits per heavy atom. The van der Waals surface area contributed by atoms with Crippen molar-refractivity contribution in [3.05, 3.63) is 100 Å². The third kappa shape index (κ3) is 3.40. The van der Waals surface area contributed by atoms with Gasteiger partial charge in [-0.2, -0.15) is 0 Å². The maximum atomic E-state index is 13.2. The zero-order chi connectivity index (χ0) is 20.5. The summed E-state index contributed by atoms with van der Waals surface area (Å²) in [5.41, 5.74) is 3.01. The van der Waals surface area contributed by atoms with Gasteiger partial charge in [-0.05, 0) is 60.5 Å². The standard InChI is InChI=1S/C23H17FN2O3/c1-14-4-2-3-5-16(14)13-25-21(27)15-6-11-19-20(12-15)23(29)26(22(19)28)18-9-7-17(24)8-10-18/h2-12H,13H2,1H3,(H,25,27). The minimum absolute atomic E-state index is 0.155. The number of rotatable bonds is 4. The number of aryl methyl sites for hydroxylation is 1. The average molecular weight is 388 g/mol. The van der Waals surface area contributed by atoms with Gasteiger partial charge in [-0.15, -0.1) is 0 Å². The predicted octanol–water partition coefficient (Wildman–Crippen LogP) is 3.86. The van der Waals surface area contributed by atoms with Gasteiger partial charge < -0.3 is 5.32 Å². The highest BCUT2D eigenvalue weighted by molar-refractivity contribution is 6.34. The Balaban J connectivity index is 1.56. The van der Waals surface area contributed by atoms with Crippen LogP contribution in [0.25, 0.3) is 0 Å². The second kappa shape index (κ2) is 7.31. The molecule has 0 saturated heterocycles. The number of amides is 3. The normalized spacial score (nSPS) is 12.8. The molecule has 0 aromatic heterocycles. The molecule has 6 heteroatoms. The van der Waals surface area contributed by atoms with E-state index in [0.29, 0.717) is 12.1 Å². The SMILES string of the molecule is Cc1ccccc1CNC(=O)c1ccc2c(c1)C(=O)N(c1ccc(F)cc1)C2=O. The van der Waals surface area contributed by atoms with Gasteiger partial charge in [-0.25, -0.2) is 9.29 Å². The number of hydrogen-bond donors (Lipinski definition) is 1. The van der Waals surface area contributed by atoms with Gasteiger partial charge in [-0.3, -0.25) is 14.4 Å². The van der Waals surface area contributed by atoms with Crippen molar-refractivity contribution in [2.75, 3.05) is 4.90 Å². The van der Waals surface area contributed by atoms with Gasteiger partial charge in [0.25, 0.3) is 17.7 Å². The number of fused-ring (bicyclic) bond motifs is 1. The van der Waals surface area contributed by atoms with Gasteiger partial charge in [0.15, 0.2) is 0 Å². The van der Waals surface area contributed by atoms with E-state index < -0.39 is 17.6 Å². The number of imide groups is 1. The molecule has 1 aliphatic heterocycles. The summed E-state index contributed by atoms with van der Waals surface area (Å²) in [6.45, 7) is 2.32. The van der Waals surface area contributed by atoms with Crippen molar-refractivity contribution < 1.29 is 18.8 Å². The fraction of sp³-hybridized carbons (Fsp3) is 0.0870. The van der Waals surface area contributed by atoms with Gasteiger partial charge >= 0.3 is 0 Å². The van der Waals surface area contributed by atoms with Crippen LogP contribution in [0.3, 0.4) is 0 Å². The summed E-state index contributed by atoms with van der Waals surface area (Å²) in [6, 6.07) is 17.2. The Bertz CT molecular complexity index is 1140. The summed E-state index contributed by atoms with van der Waals surface area (Å²) in [5.74, 6) is -1.83. The van der Waals surface area contributed by atoms with Crippen LogP contribution in [0.1, 0.15) is 42.2 Å². The molecular weight excluding hydrogens is 371 g/mol. The number of hydrogen-bond acceptors (Lipinski definition) is 3. The molecule has 0 radical (unpaired) electrons. The molecule has 3 aromatic carbocycles. The Hall–Kier alpha value is -3.80. The minimum atomic E-state index is -0.537. The van der Waals surface area contributed by atoms with Crippen LogP contribution in [0.15, 0.2) is 66.7 Å². The summed E-state index contributed by atoms with van der Waals surface area (Å²) in [4.78, 5) is 38.9. The van der Waals surface area contributed by atoms with E-state index in [9.17, 15) is 18.8 Å². The Labute approximate surface area is 166 Å². The number of benzene rings is 3. The van der Waals surface area contributed by atoms with Crippen molar-refractivity contribution in [3.8, 4) is 0 Å². The van der Waals surface area contributed by atoms with Crippen molar-refractivity contribution in [1.29, 1.82) is 0 Å². The third-order valence-corrected chi connectivity index (χ3v) is 4.93. The largest absolute Gasteiger partial charge is 0.348 e. The molecule has 3 amide bonds. The first-order valence-electron chi connectivity index (χ1n) is 9.07. The molecule has 29 heavy (non-hydrogen) atoms. The molecule has 0 saturated carbocycles. The van der Waals surface area contributed by atoms with E-state index in [0.717, 1.165) is 16.0 Å². The number of nitrogens with one attached hydrogen (secondary N) is 1. The van der Waals surface area contributed by atoms with Gasteiger partial charge in [-0.1, -0.05) is 24.3 Å². The van der Waals surface area contributed by atoms with Crippen LogP contribution < -0.4 is 10.2 Å². The van der Waals surface area contributed by atoms with Gasteiger partial charge in [0.2, 0.25) is 0 Å². The fourth-order valence-electron chi connectivity index (χ4n) is 3.29. The van der Waals surface area contributed by atoms with Gasteiger partial charge in [0.1, 0.15) is 5.82 Å². The first kappa shape index (κ1) is 18.6. The quantitative estimate of drug-likeness (QED) is 0.690. The van der Waals surface area contributed by atoms with E-state index in [2.05, 4.69) is 5.32 Å². The lowest BCUT2D eigenvalue weighted by molar-refractivity contribution is 0.0923. The summed E-state index contributed by atoms with van der Waals surface area (Å²) in [6.07, 6.45) is 0. The molecular formula is C23H17FN2O3. The predicted molar refractivity (Wildman–Crippen MR) is 106 cm³/mol. The molecule has 3 aromatic rings. The van der Waals surface area contributed by atoms with E-state index >= 15 is 0 Å². The summed E-state index contributed by atoms with van der Waals surface area (Å²) in [5, 5.41) is 2.83. The maximum absolute atomic E-state index is 13.2. The average Bonchev–Trinajstić information content (AvgIpc) is 2.98. The Morgan fingerprint density at radius 3 is 2.34 bits per heavy atom. The van der Waals surface area contributed by atoms with E-state index in [1.165, 1.54) is 42.5 Å². The molecule has 0 unspecified atom stereocenters. The lowest BCUT2D eigenvalue weighted by atomic mass is 10.0. The van der Waals surface area contributed by atoms with Crippen LogP contribution >= 0.6 is 0 Å². The first-order chi connectivity index (χ1) is 14.0. The Morgan fingerprint density at radius 2 is 1.62 bits per heavy atom. The molecule has 1 aliphatic rings. The van der Waals surface area contributed by atoms with Crippen LogP contribution in [-0.2, 0) is 6.54 Å². The van der Waals surface area contributed by atoms with Crippen LogP contribution in [0.5, 0.6) is 0 Å². The summed E-state index contributed by atoms with van der Waals surface area (Å²) >= 11 is 0. The van der Waals surface area contributed by atoms with E-state index in [1.807, 2.05) is 31.2 Å². The second-order valence-corrected chi connectivity index (χ2v) is 6.79. The van der Waals surface area contributed by atoms with E-state index in [4.69, 9.17) is 0 Å². The molecule has 5 nitrogen and oxygen atoms in total. The van der Waals surface area contributed by atoms with E-state index in [-0.39, 0.29) is 22.7 Å². The highest BCUT2D eigenvalue weighted by Crippen LogP contribution is 2.29. The van der Waals surface area contributed by atoms with E-state index in [1.54, 1.807) is 0 Å². The van der Waals surface area contributed by atoms with Crippen molar-refractivity contribution in [2.24, 2.45) is 0 Å². The number of carbonyl (C=O) groups excluding carboxylic acids is 3. The van der Waals surface area contributed by atoms with Crippen molar-refractivity contribution in [3.63, 3.8) is 0 Å². The van der Waals surface area contributed by atoms with Crippen molar-refractivity contribution in [1.82, 2.24) is 5.32 Å². The number of carbonyl (C=O) groups is 3.